The smallest absolute Gasteiger partial charge is 0.302 e. The van der Waals surface area contributed by atoms with E-state index >= 15 is 0 Å². The van der Waals surface area contributed by atoms with E-state index in [1.54, 1.807) is 0 Å². The third-order valence-corrected chi connectivity index (χ3v) is 5.24. The van der Waals surface area contributed by atoms with Crippen LogP contribution in [0.2, 0.25) is 0 Å². The number of hydrogen-bond donors (Lipinski definition) is 1. The average Bonchev–Trinajstić information content (AvgIpc) is 3.22. The summed E-state index contributed by atoms with van der Waals surface area (Å²) in [6.07, 6.45) is 5.62. The molecule has 4 nitrogen and oxygen atoms in total. The van der Waals surface area contributed by atoms with E-state index in [1.807, 2.05) is 0 Å². The van der Waals surface area contributed by atoms with Crippen LogP contribution in [0.4, 0.5) is 5.69 Å². The zero-order valence-corrected chi connectivity index (χ0v) is 14.0. The Bertz CT molecular complexity index is 537. The summed E-state index contributed by atoms with van der Waals surface area (Å²) in [4.78, 5) is 10.8. The first-order valence-corrected chi connectivity index (χ1v) is 8.72. The topological polar surface area (TPSA) is 47.6 Å². The fraction of sp³-hybridized carbons (Fsp3) is 0.632. The van der Waals surface area contributed by atoms with Crippen LogP contribution < -0.4 is 5.32 Å². The molecular formula is C19H27NO3. The Hall–Kier alpha value is -1.55. The molecule has 23 heavy (non-hydrogen) atoms. The number of esters is 1. The maximum Gasteiger partial charge on any atom is 0.302 e. The summed E-state index contributed by atoms with van der Waals surface area (Å²) >= 11 is 0. The number of aryl methyl sites for hydroxylation is 1. The highest BCUT2D eigenvalue weighted by molar-refractivity contribution is 5.65. The third-order valence-electron chi connectivity index (χ3n) is 5.24. The van der Waals surface area contributed by atoms with Crippen LogP contribution in [-0.2, 0) is 20.7 Å². The van der Waals surface area contributed by atoms with Crippen LogP contribution in [0.5, 0.6) is 0 Å². The Morgan fingerprint density at radius 2 is 2.22 bits per heavy atom. The molecule has 1 aromatic carbocycles. The second-order valence-corrected chi connectivity index (χ2v) is 6.90. The Balaban J connectivity index is 1.42. The van der Waals surface area contributed by atoms with Crippen molar-refractivity contribution in [2.24, 2.45) is 11.3 Å². The fourth-order valence-corrected chi connectivity index (χ4v) is 3.68. The predicted octanol–water partition coefficient (Wildman–Crippen LogP) is 3.41. The standard InChI is InChI=1S/C19H27NO3/c1-15(21)23-9-3-5-16-4-2-6-18(12-16)20-14-17-13-19(17)7-10-22-11-8-19/h2,4,6,12,17,20H,3,5,7-11,13-14H2,1H3. The van der Waals surface area contributed by atoms with Crippen LogP contribution in [0, 0.1) is 11.3 Å². The van der Waals surface area contributed by atoms with Gasteiger partial charge in [0.1, 0.15) is 0 Å². The molecule has 1 spiro atoms. The lowest BCUT2D eigenvalue weighted by atomic mass is 9.94. The lowest BCUT2D eigenvalue weighted by Gasteiger charge is -2.23. The van der Waals surface area contributed by atoms with Crippen molar-refractivity contribution in [2.45, 2.75) is 39.0 Å². The number of anilines is 1. The van der Waals surface area contributed by atoms with Gasteiger partial charge in [-0.2, -0.15) is 0 Å². The van der Waals surface area contributed by atoms with Gasteiger partial charge >= 0.3 is 5.97 Å². The average molecular weight is 317 g/mol. The molecule has 0 radical (unpaired) electrons. The molecule has 1 N–H and O–H groups in total. The summed E-state index contributed by atoms with van der Waals surface area (Å²) in [6.45, 7) is 4.90. The second kappa shape index (κ2) is 7.35. The number of rotatable bonds is 7. The van der Waals surface area contributed by atoms with Crippen LogP contribution in [0.15, 0.2) is 24.3 Å². The first kappa shape index (κ1) is 16.3. The summed E-state index contributed by atoms with van der Waals surface area (Å²) in [7, 11) is 0. The Morgan fingerprint density at radius 3 is 3.00 bits per heavy atom. The summed E-state index contributed by atoms with van der Waals surface area (Å²) in [5.41, 5.74) is 3.07. The van der Waals surface area contributed by atoms with E-state index in [-0.39, 0.29) is 5.97 Å². The molecule has 1 atom stereocenters. The molecule has 126 valence electrons. The minimum Gasteiger partial charge on any atom is -0.466 e. The van der Waals surface area contributed by atoms with Crippen molar-refractivity contribution in [1.82, 2.24) is 0 Å². The summed E-state index contributed by atoms with van der Waals surface area (Å²) in [5.74, 6) is 0.603. The minimum absolute atomic E-state index is 0.202. The third kappa shape index (κ3) is 4.47. The highest BCUT2D eigenvalue weighted by atomic mass is 16.5. The minimum atomic E-state index is -0.202. The lowest BCUT2D eigenvalue weighted by molar-refractivity contribution is -0.141. The van der Waals surface area contributed by atoms with Gasteiger partial charge in [-0.05, 0) is 61.1 Å². The summed E-state index contributed by atoms with van der Waals surface area (Å²) in [5, 5.41) is 3.60. The normalized spacial score (nSPS) is 21.9. The SMILES string of the molecule is CC(=O)OCCCc1cccc(NCC2CC23CCOCC3)c1. The molecule has 1 aromatic rings. The van der Waals surface area contributed by atoms with E-state index in [1.165, 1.54) is 37.4 Å². The monoisotopic (exact) mass is 317 g/mol. The number of benzene rings is 1. The van der Waals surface area contributed by atoms with Crippen LogP contribution >= 0.6 is 0 Å². The van der Waals surface area contributed by atoms with Crippen LogP contribution in [0.25, 0.3) is 0 Å². The number of carbonyl (C=O) groups is 1. The highest BCUT2D eigenvalue weighted by Crippen LogP contribution is 2.58. The van der Waals surface area contributed by atoms with Crippen molar-refractivity contribution in [2.75, 3.05) is 31.7 Å². The molecule has 0 aromatic heterocycles. The van der Waals surface area contributed by atoms with Crippen molar-refractivity contribution in [1.29, 1.82) is 0 Å². The van der Waals surface area contributed by atoms with Crippen LogP contribution in [0.3, 0.4) is 0 Å². The maximum absolute atomic E-state index is 10.8. The predicted molar refractivity (Wildman–Crippen MR) is 90.5 cm³/mol. The zero-order valence-electron chi connectivity index (χ0n) is 14.0. The van der Waals surface area contributed by atoms with Crippen molar-refractivity contribution in [3.8, 4) is 0 Å². The van der Waals surface area contributed by atoms with Gasteiger partial charge in [-0.3, -0.25) is 4.79 Å². The van der Waals surface area contributed by atoms with E-state index in [4.69, 9.17) is 9.47 Å². The van der Waals surface area contributed by atoms with Gasteiger partial charge in [0.2, 0.25) is 0 Å². The molecule has 1 unspecified atom stereocenters. The molecule has 0 amide bonds. The molecule has 1 saturated carbocycles. The summed E-state index contributed by atoms with van der Waals surface area (Å²) in [6, 6.07) is 8.58. The highest BCUT2D eigenvalue weighted by Gasteiger charge is 2.53. The van der Waals surface area contributed by atoms with Gasteiger partial charge < -0.3 is 14.8 Å². The number of hydrogen-bond acceptors (Lipinski definition) is 4. The van der Waals surface area contributed by atoms with Gasteiger partial charge in [-0.15, -0.1) is 0 Å². The van der Waals surface area contributed by atoms with E-state index < -0.39 is 0 Å². The van der Waals surface area contributed by atoms with E-state index in [0.717, 1.165) is 38.5 Å². The number of carbonyl (C=O) groups excluding carboxylic acids is 1. The molecule has 4 heteroatoms. The van der Waals surface area contributed by atoms with Gasteiger partial charge in [0.25, 0.3) is 0 Å². The van der Waals surface area contributed by atoms with Crippen molar-refractivity contribution < 1.29 is 14.3 Å². The molecule has 0 bridgehead atoms. The zero-order chi connectivity index (χ0) is 16.1. The van der Waals surface area contributed by atoms with Gasteiger partial charge in [-0.1, -0.05) is 12.1 Å². The van der Waals surface area contributed by atoms with E-state index in [9.17, 15) is 4.79 Å². The largest absolute Gasteiger partial charge is 0.466 e. The van der Waals surface area contributed by atoms with Crippen molar-refractivity contribution in [3.05, 3.63) is 29.8 Å². The van der Waals surface area contributed by atoms with Gasteiger partial charge in [0.05, 0.1) is 6.61 Å². The van der Waals surface area contributed by atoms with Gasteiger partial charge in [0, 0.05) is 32.4 Å². The molecule has 1 saturated heterocycles. The maximum atomic E-state index is 10.8. The van der Waals surface area contributed by atoms with E-state index in [0.29, 0.717) is 12.0 Å². The van der Waals surface area contributed by atoms with E-state index in [2.05, 4.69) is 29.6 Å². The molecule has 1 heterocycles. The fourth-order valence-electron chi connectivity index (χ4n) is 3.68. The number of nitrogens with one attached hydrogen (secondary N) is 1. The molecule has 3 rings (SSSR count). The molecule has 1 aliphatic carbocycles. The van der Waals surface area contributed by atoms with Gasteiger partial charge in [0.15, 0.2) is 0 Å². The van der Waals surface area contributed by atoms with Crippen LogP contribution in [-0.4, -0.2) is 32.3 Å². The first-order valence-electron chi connectivity index (χ1n) is 8.72. The van der Waals surface area contributed by atoms with Gasteiger partial charge in [-0.25, -0.2) is 0 Å². The molecule has 1 aliphatic heterocycles. The Kier molecular flexibility index (Phi) is 5.21. The van der Waals surface area contributed by atoms with Crippen LogP contribution in [0.1, 0.15) is 38.2 Å². The van der Waals surface area contributed by atoms with Crippen molar-refractivity contribution in [3.63, 3.8) is 0 Å². The second-order valence-electron chi connectivity index (χ2n) is 6.90. The Labute approximate surface area is 138 Å². The number of ether oxygens (including phenoxy) is 2. The summed E-state index contributed by atoms with van der Waals surface area (Å²) < 4.78 is 10.5. The lowest BCUT2D eigenvalue weighted by Crippen LogP contribution is -2.20. The molecular weight excluding hydrogens is 290 g/mol. The quantitative estimate of drug-likeness (QED) is 0.618. The molecule has 2 aliphatic rings. The first-order chi connectivity index (χ1) is 11.2. The Morgan fingerprint density at radius 1 is 1.39 bits per heavy atom. The van der Waals surface area contributed by atoms with Crippen molar-refractivity contribution >= 4 is 11.7 Å². The molecule has 2 fully saturated rings.